The number of hydrogen-bond acceptors (Lipinski definition) is 2. The number of halogens is 4. The first-order valence-electron chi connectivity index (χ1n) is 6.13. The fraction of sp³-hybridized carbons (Fsp3) is 0.462. The number of alkyl halides is 4. The highest BCUT2D eigenvalue weighted by atomic mass is 35.5. The third-order valence-corrected chi connectivity index (χ3v) is 3.78. The van der Waals surface area contributed by atoms with Crippen molar-refractivity contribution in [2.24, 2.45) is 0 Å². The smallest absolute Gasteiger partial charge is 0.327 e. The number of fused-ring (bicyclic) bond motifs is 1. The van der Waals surface area contributed by atoms with Crippen LogP contribution in [0.1, 0.15) is 11.4 Å². The van der Waals surface area contributed by atoms with Gasteiger partial charge in [-0.15, -0.1) is 11.6 Å². The molecule has 0 amide bonds. The molecule has 7 heteroatoms. The molecule has 0 fully saturated rings. The first-order valence-corrected chi connectivity index (χ1v) is 7.65. The lowest BCUT2D eigenvalue weighted by atomic mass is 10.2. The van der Waals surface area contributed by atoms with Crippen LogP contribution >= 0.6 is 23.4 Å². The second kappa shape index (κ2) is 6.26. The molecule has 1 aromatic carbocycles. The predicted octanol–water partition coefficient (Wildman–Crippen LogP) is 4.38. The van der Waals surface area contributed by atoms with Crippen molar-refractivity contribution in [3.05, 3.63) is 29.6 Å². The van der Waals surface area contributed by atoms with Gasteiger partial charge in [-0.2, -0.15) is 13.2 Å². The molecular formula is C13H14ClF3N2S. The van der Waals surface area contributed by atoms with Crippen LogP contribution < -0.4 is 0 Å². The molecule has 20 heavy (non-hydrogen) atoms. The van der Waals surface area contributed by atoms with E-state index in [1.165, 1.54) is 0 Å². The van der Waals surface area contributed by atoms with Gasteiger partial charge in [0.2, 0.25) is 0 Å². The molecule has 0 aliphatic carbocycles. The lowest BCUT2D eigenvalue weighted by Gasteiger charge is -2.10. The maximum atomic E-state index is 12.2. The summed E-state index contributed by atoms with van der Waals surface area (Å²) in [5.41, 5.74) is -1.47. The number of aryl methyl sites for hydroxylation is 3. The molecule has 0 aliphatic heterocycles. The molecule has 0 unspecified atom stereocenters. The fourth-order valence-electron chi connectivity index (χ4n) is 2.06. The van der Waals surface area contributed by atoms with Gasteiger partial charge < -0.3 is 4.57 Å². The van der Waals surface area contributed by atoms with E-state index >= 15 is 0 Å². The zero-order chi connectivity index (χ0) is 14.8. The molecule has 2 nitrogen and oxygen atoms in total. The Labute approximate surface area is 124 Å². The Kier molecular flexibility index (Phi) is 4.86. The molecule has 1 heterocycles. The summed E-state index contributed by atoms with van der Waals surface area (Å²) < 4.78 is 38.5. The molecule has 2 aromatic rings. The van der Waals surface area contributed by atoms with Crippen molar-refractivity contribution in [2.75, 3.05) is 11.6 Å². The molecule has 0 N–H and O–H groups in total. The molecule has 0 aliphatic rings. The van der Waals surface area contributed by atoms with Gasteiger partial charge in [0.25, 0.3) is 0 Å². The van der Waals surface area contributed by atoms with Crippen molar-refractivity contribution >= 4 is 34.4 Å². The number of rotatable bonds is 5. The van der Waals surface area contributed by atoms with Crippen molar-refractivity contribution in [3.8, 4) is 0 Å². The molecule has 0 saturated heterocycles. The Hall–Kier alpha value is -0.880. The summed E-state index contributed by atoms with van der Waals surface area (Å²) in [7, 11) is 0. The van der Waals surface area contributed by atoms with Crippen LogP contribution in [0.5, 0.6) is 0 Å². The zero-order valence-corrected chi connectivity index (χ0v) is 12.4. The summed E-state index contributed by atoms with van der Waals surface area (Å²) >= 11 is 5.72. The summed E-state index contributed by atoms with van der Waals surface area (Å²) in [4.78, 5) is 4.45. The van der Waals surface area contributed by atoms with E-state index in [0.717, 1.165) is 22.4 Å². The number of aromatic nitrogens is 2. The van der Waals surface area contributed by atoms with E-state index in [9.17, 15) is 13.2 Å². The van der Waals surface area contributed by atoms with E-state index in [1.54, 1.807) is 0 Å². The Morgan fingerprint density at radius 3 is 2.75 bits per heavy atom. The zero-order valence-electron chi connectivity index (χ0n) is 10.9. The van der Waals surface area contributed by atoms with Crippen LogP contribution in [0.25, 0.3) is 11.0 Å². The van der Waals surface area contributed by atoms with Gasteiger partial charge in [-0.05, 0) is 36.4 Å². The van der Waals surface area contributed by atoms with E-state index in [2.05, 4.69) is 4.98 Å². The van der Waals surface area contributed by atoms with Crippen LogP contribution in [-0.4, -0.2) is 26.7 Å². The Morgan fingerprint density at radius 1 is 1.35 bits per heavy atom. The number of thioether (sulfide) groups is 1. The normalized spacial score (nSPS) is 12.2. The fourth-order valence-corrected chi connectivity index (χ4v) is 2.73. The monoisotopic (exact) mass is 322 g/mol. The van der Waals surface area contributed by atoms with Gasteiger partial charge >= 0.3 is 5.51 Å². The molecule has 1 aromatic heterocycles. The highest BCUT2D eigenvalue weighted by molar-refractivity contribution is 8.00. The van der Waals surface area contributed by atoms with Gasteiger partial charge in [0.15, 0.2) is 0 Å². The van der Waals surface area contributed by atoms with Gasteiger partial charge in [0.1, 0.15) is 5.82 Å². The molecule has 0 radical (unpaired) electrons. The minimum atomic E-state index is -4.20. The summed E-state index contributed by atoms with van der Waals surface area (Å²) in [5, 5.41) is 0. The Morgan fingerprint density at radius 2 is 2.10 bits per heavy atom. The Bertz CT molecular complexity index is 595. The van der Waals surface area contributed by atoms with E-state index in [0.29, 0.717) is 12.3 Å². The molecule has 0 bridgehead atoms. The average Bonchev–Trinajstić information content (AvgIpc) is 2.66. The first kappa shape index (κ1) is 15.5. The summed E-state index contributed by atoms with van der Waals surface area (Å²) in [5.74, 6) is 1.11. The number of imidazole rings is 1. The van der Waals surface area contributed by atoms with Gasteiger partial charge in [-0.25, -0.2) is 4.98 Å². The van der Waals surface area contributed by atoms with Gasteiger partial charge in [-0.3, -0.25) is 0 Å². The Balaban J connectivity index is 2.28. The third kappa shape index (κ3) is 3.82. The quantitative estimate of drug-likeness (QED) is 0.760. The number of nitrogens with zero attached hydrogens (tertiary/aromatic N) is 2. The van der Waals surface area contributed by atoms with Crippen LogP contribution in [0.4, 0.5) is 13.2 Å². The van der Waals surface area contributed by atoms with Gasteiger partial charge in [0, 0.05) is 24.6 Å². The predicted molar refractivity (Wildman–Crippen MR) is 77.4 cm³/mol. The SMILES string of the molecule is Cc1ccc2nc(CCCl)n(CCSC(F)(F)F)c2c1. The summed E-state index contributed by atoms with van der Waals surface area (Å²) in [6, 6.07) is 5.77. The van der Waals surface area contributed by atoms with Crippen molar-refractivity contribution in [3.63, 3.8) is 0 Å². The number of hydrogen-bond donors (Lipinski definition) is 0. The standard InChI is InChI=1S/C13H14ClF3N2S/c1-9-2-3-10-11(8-9)19(12(18-10)4-5-14)6-7-20-13(15,16)17/h2-3,8H,4-7H2,1H3. The number of benzene rings is 1. The first-order chi connectivity index (χ1) is 9.40. The van der Waals surface area contributed by atoms with Crippen LogP contribution in [0.15, 0.2) is 18.2 Å². The maximum absolute atomic E-state index is 12.2. The van der Waals surface area contributed by atoms with Crippen LogP contribution in [0.2, 0.25) is 0 Å². The van der Waals surface area contributed by atoms with Crippen molar-refractivity contribution in [2.45, 2.75) is 25.4 Å². The van der Waals surface area contributed by atoms with Crippen molar-refractivity contribution in [1.82, 2.24) is 9.55 Å². The molecular weight excluding hydrogens is 309 g/mol. The third-order valence-electron chi connectivity index (χ3n) is 2.88. The van der Waals surface area contributed by atoms with Crippen LogP contribution in [0, 0.1) is 6.92 Å². The van der Waals surface area contributed by atoms with Gasteiger partial charge in [-0.1, -0.05) is 6.07 Å². The average molecular weight is 323 g/mol. The minimum absolute atomic E-state index is 0.0102. The van der Waals surface area contributed by atoms with E-state index in [-0.39, 0.29) is 24.1 Å². The molecule has 0 spiro atoms. The molecule has 110 valence electrons. The van der Waals surface area contributed by atoms with Crippen LogP contribution in [0.3, 0.4) is 0 Å². The van der Waals surface area contributed by atoms with E-state index in [4.69, 9.17) is 11.6 Å². The van der Waals surface area contributed by atoms with Gasteiger partial charge in [0.05, 0.1) is 11.0 Å². The second-order valence-corrected chi connectivity index (χ2v) is 5.94. The summed E-state index contributed by atoms with van der Waals surface area (Å²) in [6.45, 7) is 2.22. The summed E-state index contributed by atoms with van der Waals surface area (Å²) in [6.07, 6.45) is 0.548. The largest absolute Gasteiger partial charge is 0.441 e. The highest BCUT2D eigenvalue weighted by Gasteiger charge is 2.27. The molecule has 0 atom stereocenters. The lowest BCUT2D eigenvalue weighted by molar-refractivity contribution is -0.0328. The van der Waals surface area contributed by atoms with Crippen LogP contribution in [-0.2, 0) is 13.0 Å². The van der Waals surface area contributed by atoms with Crippen molar-refractivity contribution < 1.29 is 13.2 Å². The molecule has 2 rings (SSSR count). The molecule has 0 saturated carbocycles. The topological polar surface area (TPSA) is 17.8 Å². The van der Waals surface area contributed by atoms with E-state index in [1.807, 2.05) is 29.7 Å². The highest BCUT2D eigenvalue weighted by Crippen LogP contribution is 2.30. The van der Waals surface area contributed by atoms with Crippen molar-refractivity contribution in [1.29, 1.82) is 0 Å². The lowest BCUT2D eigenvalue weighted by Crippen LogP contribution is -2.10. The van der Waals surface area contributed by atoms with E-state index < -0.39 is 5.51 Å². The maximum Gasteiger partial charge on any atom is 0.441 e. The minimum Gasteiger partial charge on any atom is -0.327 e. The second-order valence-electron chi connectivity index (χ2n) is 4.41.